The summed E-state index contributed by atoms with van der Waals surface area (Å²) < 4.78 is 19.4. The second kappa shape index (κ2) is 18.4. The number of ether oxygens (including phenoxy) is 3. The summed E-state index contributed by atoms with van der Waals surface area (Å²) in [6.07, 6.45) is 3.96. The van der Waals surface area contributed by atoms with E-state index in [-0.39, 0.29) is 0 Å². The molecule has 244 valence electrons. The third kappa shape index (κ3) is 11.7. The molecule has 4 aromatic rings. The minimum absolute atomic E-state index is 0.548. The summed E-state index contributed by atoms with van der Waals surface area (Å²) in [5, 5.41) is 4.23. The number of methoxy groups -OCH3 is 1. The molecule has 0 saturated carbocycles. The average Bonchev–Trinajstić information content (AvgIpc) is 3.49. The largest absolute Gasteiger partial charge is 0.497 e. The molecule has 0 N–H and O–H groups in total. The van der Waals surface area contributed by atoms with E-state index in [2.05, 4.69) is 82.8 Å². The van der Waals surface area contributed by atoms with Gasteiger partial charge in [0.1, 0.15) is 29.6 Å². The molecule has 4 nitrogen and oxygen atoms in total. The summed E-state index contributed by atoms with van der Waals surface area (Å²) in [5.74, 6) is 3.37. The highest BCUT2D eigenvalue weighted by Gasteiger charge is 2.16. The van der Waals surface area contributed by atoms with E-state index in [9.17, 15) is 0 Å². The summed E-state index contributed by atoms with van der Waals surface area (Å²) in [7, 11) is 5.61. The Balaban J connectivity index is 0.000000510. The Morgan fingerprint density at radius 1 is 0.733 bits per heavy atom. The van der Waals surface area contributed by atoms with Crippen LogP contribution in [0.5, 0.6) is 23.0 Å². The van der Waals surface area contributed by atoms with Crippen LogP contribution in [-0.4, -0.2) is 54.0 Å². The van der Waals surface area contributed by atoms with Gasteiger partial charge in [0.05, 0.1) is 11.3 Å². The average molecular weight is 684 g/mol. The predicted octanol–water partition coefficient (Wildman–Crippen LogP) is 11.9. The zero-order valence-corrected chi connectivity index (χ0v) is 31.1. The number of fused-ring (bicyclic) bond motifs is 1. The fourth-order valence-electron chi connectivity index (χ4n) is 4.89. The second-order valence-electron chi connectivity index (χ2n) is 11.9. The first-order valence-electron chi connectivity index (χ1n) is 16.0. The highest BCUT2D eigenvalue weighted by Crippen LogP contribution is 2.44. The Morgan fingerprint density at radius 3 is 2.04 bits per heavy atom. The molecule has 8 heteroatoms. The van der Waals surface area contributed by atoms with E-state index in [1.165, 1.54) is 41.4 Å². The maximum absolute atomic E-state index is 6.59. The standard InChI is InChI=1S/C31H35NO3S2.C6H14S2/c1-22(2)36-30-16-15-29(37-30)28-13-7-23-21-26(33-3)12-14-27(23)31(28)35-25-10-8-24(9-11-25)34-20-19-32-17-5-4-6-18-32;1-5(2)7-8-6(3)4/h7-16,21-22H,4-6,17-20H2,1-3H3;5-6H,1-4H3. The van der Waals surface area contributed by atoms with E-state index in [0.29, 0.717) is 11.9 Å². The number of thioether (sulfide) groups is 1. The number of hydrogen-bond acceptors (Lipinski definition) is 8. The van der Waals surface area contributed by atoms with Gasteiger partial charge in [-0.15, -0.1) is 23.1 Å². The lowest BCUT2D eigenvalue weighted by Crippen LogP contribution is -2.33. The fraction of sp³-hybridized carbons (Fsp3) is 0.459. The lowest BCUT2D eigenvalue weighted by atomic mass is 10.0. The summed E-state index contributed by atoms with van der Waals surface area (Å²) in [6.45, 7) is 17.4. The van der Waals surface area contributed by atoms with Crippen LogP contribution < -0.4 is 14.2 Å². The molecule has 1 aromatic heterocycles. The van der Waals surface area contributed by atoms with Crippen molar-refractivity contribution in [3.63, 3.8) is 0 Å². The van der Waals surface area contributed by atoms with Crippen molar-refractivity contribution < 1.29 is 14.2 Å². The van der Waals surface area contributed by atoms with Gasteiger partial charge in [0, 0.05) is 38.1 Å². The SMILES string of the molecule is CC(C)SSC(C)C.COc1ccc2c(Oc3ccc(OCCN4CCCCC4)cc3)c(-c3ccc(SC(C)C)s3)ccc2c1. The topological polar surface area (TPSA) is 30.9 Å². The molecule has 1 aliphatic rings. The number of likely N-dealkylation sites (tertiary alicyclic amines) is 1. The molecule has 0 amide bonds. The molecule has 0 bridgehead atoms. The Morgan fingerprint density at radius 2 is 1.40 bits per heavy atom. The van der Waals surface area contributed by atoms with Gasteiger partial charge < -0.3 is 14.2 Å². The van der Waals surface area contributed by atoms with E-state index in [1.807, 2.05) is 75.0 Å². The van der Waals surface area contributed by atoms with Crippen molar-refractivity contribution in [1.82, 2.24) is 4.90 Å². The molecule has 3 aromatic carbocycles. The van der Waals surface area contributed by atoms with Crippen molar-refractivity contribution in [2.24, 2.45) is 0 Å². The zero-order valence-electron chi connectivity index (χ0n) is 27.8. The minimum Gasteiger partial charge on any atom is -0.497 e. The molecule has 1 aliphatic heterocycles. The van der Waals surface area contributed by atoms with Gasteiger partial charge in [0.2, 0.25) is 0 Å². The highest BCUT2D eigenvalue weighted by atomic mass is 33.1. The summed E-state index contributed by atoms with van der Waals surface area (Å²) in [4.78, 5) is 3.70. The van der Waals surface area contributed by atoms with Gasteiger partial charge in [-0.1, -0.05) is 75.6 Å². The maximum atomic E-state index is 6.59. The van der Waals surface area contributed by atoms with Crippen LogP contribution in [0.15, 0.2) is 70.9 Å². The molecular weight excluding hydrogens is 635 g/mol. The van der Waals surface area contributed by atoms with Crippen LogP contribution in [0.2, 0.25) is 0 Å². The Labute approximate surface area is 287 Å². The van der Waals surface area contributed by atoms with Gasteiger partial charge in [-0.25, -0.2) is 0 Å². The fourth-order valence-corrected chi connectivity index (χ4v) is 9.08. The Kier molecular flexibility index (Phi) is 14.7. The van der Waals surface area contributed by atoms with Gasteiger partial charge in [0.15, 0.2) is 0 Å². The summed E-state index contributed by atoms with van der Waals surface area (Å²) >= 11 is 3.71. The number of nitrogens with zero attached hydrogens (tertiary/aromatic N) is 1. The van der Waals surface area contributed by atoms with E-state index >= 15 is 0 Å². The molecule has 45 heavy (non-hydrogen) atoms. The summed E-state index contributed by atoms with van der Waals surface area (Å²) in [6, 6.07) is 22.8. The molecule has 2 heterocycles. The first kappa shape index (κ1) is 35.9. The van der Waals surface area contributed by atoms with Crippen molar-refractivity contribution in [1.29, 1.82) is 0 Å². The number of benzene rings is 3. The number of piperidine rings is 1. The van der Waals surface area contributed by atoms with Crippen molar-refractivity contribution >= 4 is 55.5 Å². The molecule has 0 atom stereocenters. The van der Waals surface area contributed by atoms with Gasteiger partial charge in [-0.2, -0.15) is 0 Å². The predicted molar refractivity (Wildman–Crippen MR) is 203 cm³/mol. The van der Waals surface area contributed by atoms with Crippen LogP contribution in [0.3, 0.4) is 0 Å². The molecular formula is C37H49NO3S4. The van der Waals surface area contributed by atoms with Crippen LogP contribution in [-0.2, 0) is 0 Å². The number of hydrogen-bond donors (Lipinski definition) is 0. The van der Waals surface area contributed by atoms with Crippen molar-refractivity contribution in [3.8, 4) is 33.4 Å². The smallest absolute Gasteiger partial charge is 0.143 e. The highest BCUT2D eigenvalue weighted by molar-refractivity contribution is 8.77. The number of thiophene rings is 1. The molecule has 5 rings (SSSR count). The molecule has 0 aliphatic carbocycles. The first-order chi connectivity index (χ1) is 21.7. The molecule has 1 fully saturated rings. The number of rotatable bonds is 13. The lowest BCUT2D eigenvalue weighted by Gasteiger charge is -2.26. The third-order valence-corrected chi connectivity index (χ3v) is 12.8. The van der Waals surface area contributed by atoms with E-state index in [1.54, 1.807) is 7.11 Å². The van der Waals surface area contributed by atoms with E-state index in [0.717, 1.165) is 56.4 Å². The normalized spacial score (nSPS) is 13.7. The second-order valence-corrected chi connectivity index (χ2v) is 18.3. The van der Waals surface area contributed by atoms with Crippen molar-refractivity contribution in [3.05, 3.63) is 66.7 Å². The van der Waals surface area contributed by atoms with Crippen molar-refractivity contribution in [2.75, 3.05) is 33.4 Å². The van der Waals surface area contributed by atoms with Gasteiger partial charge in [0.25, 0.3) is 0 Å². The van der Waals surface area contributed by atoms with Gasteiger partial charge >= 0.3 is 0 Å². The zero-order chi connectivity index (χ0) is 32.2. The monoisotopic (exact) mass is 683 g/mol. The van der Waals surface area contributed by atoms with E-state index in [4.69, 9.17) is 14.2 Å². The van der Waals surface area contributed by atoms with Crippen LogP contribution in [0.1, 0.15) is 60.8 Å². The maximum Gasteiger partial charge on any atom is 0.143 e. The van der Waals surface area contributed by atoms with Crippen molar-refractivity contribution in [2.45, 2.75) is 80.8 Å². The first-order valence-corrected chi connectivity index (χ1v) is 20.0. The molecule has 0 unspecified atom stereocenters. The van der Waals surface area contributed by atoms with E-state index < -0.39 is 0 Å². The third-order valence-electron chi connectivity index (χ3n) is 6.99. The molecule has 1 saturated heterocycles. The van der Waals surface area contributed by atoms with Crippen LogP contribution in [0, 0.1) is 0 Å². The quantitative estimate of drug-likeness (QED) is 0.102. The van der Waals surface area contributed by atoms with Crippen LogP contribution in [0.4, 0.5) is 0 Å². The lowest BCUT2D eigenvalue weighted by molar-refractivity contribution is 0.183. The molecule has 0 spiro atoms. The van der Waals surface area contributed by atoms with Gasteiger partial charge in [-0.05, 0) is 92.0 Å². The minimum atomic E-state index is 0.548. The molecule has 0 radical (unpaired) electrons. The Hall–Kier alpha value is -1.97. The Bertz CT molecular complexity index is 1440. The van der Waals surface area contributed by atoms with Gasteiger partial charge in [-0.3, -0.25) is 4.90 Å². The van der Waals surface area contributed by atoms with Crippen LogP contribution >= 0.6 is 44.7 Å². The van der Waals surface area contributed by atoms with Crippen LogP contribution in [0.25, 0.3) is 21.2 Å². The summed E-state index contributed by atoms with van der Waals surface area (Å²) in [5.41, 5.74) is 1.10.